The smallest absolute Gasteiger partial charge is 0.140 e. The molecular weight excluding hydrogens is 152 g/mol. The molecule has 0 aliphatic heterocycles. The molecule has 0 aromatic rings. The van der Waals surface area contributed by atoms with Gasteiger partial charge in [-0.3, -0.25) is 9.59 Å². The van der Waals surface area contributed by atoms with E-state index in [1.807, 2.05) is 0 Å². The standard InChI is InChI=1S/C10H16O2/c1-7(11)10(8(2)12)6-9-4-3-5-9/h9-10H,3-6H2,1-2H3. The van der Waals surface area contributed by atoms with Crippen LogP contribution < -0.4 is 0 Å². The average Bonchev–Trinajstić information content (AvgIpc) is 1.82. The van der Waals surface area contributed by atoms with Crippen LogP contribution in [0.25, 0.3) is 0 Å². The summed E-state index contributed by atoms with van der Waals surface area (Å²) in [5, 5.41) is 0. The van der Waals surface area contributed by atoms with Crippen LogP contribution in [0.4, 0.5) is 0 Å². The van der Waals surface area contributed by atoms with Gasteiger partial charge < -0.3 is 0 Å². The molecule has 0 heterocycles. The Bertz CT molecular complexity index is 178. The second-order valence-electron chi connectivity index (χ2n) is 3.81. The number of Topliss-reactive ketones (excluding diaryl/α,β-unsaturated/α-hetero) is 2. The van der Waals surface area contributed by atoms with Crippen LogP contribution in [0.5, 0.6) is 0 Å². The third-order valence-electron chi connectivity index (χ3n) is 2.78. The van der Waals surface area contributed by atoms with Crippen molar-refractivity contribution in [3.63, 3.8) is 0 Å². The van der Waals surface area contributed by atoms with E-state index < -0.39 is 0 Å². The highest BCUT2D eigenvalue weighted by atomic mass is 16.1. The number of hydrogen-bond donors (Lipinski definition) is 0. The minimum atomic E-state index is -0.310. The van der Waals surface area contributed by atoms with E-state index in [2.05, 4.69) is 0 Å². The zero-order valence-electron chi connectivity index (χ0n) is 7.80. The molecule has 0 spiro atoms. The maximum atomic E-state index is 11.0. The van der Waals surface area contributed by atoms with Gasteiger partial charge in [0.15, 0.2) is 0 Å². The van der Waals surface area contributed by atoms with Gasteiger partial charge in [0.1, 0.15) is 11.6 Å². The molecule has 68 valence electrons. The summed E-state index contributed by atoms with van der Waals surface area (Å²) in [6.07, 6.45) is 4.48. The van der Waals surface area contributed by atoms with E-state index in [4.69, 9.17) is 0 Å². The Hall–Kier alpha value is -0.660. The lowest BCUT2D eigenvalue weighted by molar-refractivity contribution is -0.131. The van der Waals surface area contributed by atoms with Crippen LogP contribution >= 0.6 is 0 Å². The fourth-order valence-electron chi connectivity index (χ4n) is 1.68. The summed E-state index contributed by atoms with van der Waals surface area (Å²) in [6, 6.07) is 0. The summed E-state index contributed by atoms with van der Waals surface area (Å²) in [4.78, 5) is 22.1. The SMILES string of the molecule is CC(=O)C(CC1CCC1)C(C)=O. The first-order valence-electron chi connectivity index (χ1n) is 4.62. The predicted molar refractivity (Wildman–Crippen MR) is 46.8 cm³/mol. The van der Waals surface area contributed by atoms with Gasteiger partial charge in [0.2, 0.25) is 0 Å². The molecule has 0 unspecified atom stereocenters. The van der Waals surface area contributed by atoms with Crippen molar-refractivity contribution in [1.82, 2.24) is 0 Å². The van der Waals surface area contributed by atoms with E-state index in [0.29, 0.717) is 5.92 Å². The van der Waals surface area contributed by atoms with Gasteiger partial charge in [0, 0.05) is 0 Å². The Morgan fingerprint density at radius 1 is 1.25 bits per heavy atom. The fourth-order valence-corrected chi connectivity index (χ4v) is 1.68. The van der Waals surface area contributed by atoms with Gasteiger partial charge in [-0.1, -0.05) is 19.3 Å². The third kappa shape index (κ3) is 2.16. The van der Waals surface area contributed by atoms with Crippen molar-refractivity contribution in [2.24, 2.45) is 11.8 Å². The quantitative estimate of drug-likeness (QED) is 0.601. The van der Waals surface area contributed by atoms with Crippen molar-refractivity contribution in [2.75, 3.05) is 0 Å². The lowest BCUT2D eigenvalue weighted by atomic mass is 9.77. The van der Waals surface area contributed by atoms with E-state index in [1.165, 1.54) is 33.1 Å². The van der Waals surface area contributed by atoms with E-state index in [0.717, 1.165) is 6.42 Å². The molecule has 0 aromatic heterocycles. The summed E-state index contributed by atoms with van der Waals surface area (Å²) in [7, 11) is 0. The molecule has 0 N–H and O–H groups in total. The summed E-state index contributed by atoms with van der Waals surface area (Å²) >= 11 is 0. The van der Waals surface area contributed by atoms with Crippen LogP contribution in [0.2, 0.25) is 0 Å². The van der Waals surface area contributed by atoms with Crippen LogP contribution in [-0.2, 0) is 9.59 Å². The summed E-state index contributed by atoms with van der Waals surface area (Å²) < 4.78 is 0. The molecule has 0 amide bonds. The zero-order chi connectivity index (χ0) is 9.14. The molecule has 1 rings (SSSR count). The Balaban J connectivity index is 2.42. The van der Waals surface area contributed by atoms with Crippen LogP contribution in [0.3, 0.4) is 0 Å². The second kappa shape index (κ2) is 3.83. The van der Waals surface area contributed by atoms with E-state index in [1.54, 1.807) is 0 Å². The molecular formula is C10H16O2. The van der Waals surface area contributed by atoms with Gasteiger partial charge in [-0.05, 0) is 26.2 Å². The normalized spacial score (nSPS) is 17.6. The van der Waals surface area contributed by atoms with Crippen LogP contribution in [0, 0.1) is 11.8 Å². The first-order valence-corrected chi connectivity index (χ1v) is 4.62. The number of rotatable bonds is 4. The summed E-state index contributed by atoms with van der Waals surface area (Å²) in [5.41, 5.74) is 0. The zero-order valence-corrected chi connectivity index (χ0v) is 7.80. The minimum Gasteiger partial charge on any atom is -0.299 e. The summed E-state index contributed by atoms with van der Waals surface area (Å²) in [6.45, 7) is 3.04. The average molecular weight is 168 g/mol. The van der Waals surface area contributed by atoms with Crippen molar-refractivity contribution in [2.45, 2.75) is 39.5 Å². The Morgan fingerprint density at radius 3 is 2.00 bits per heavy atom. The Morgan fingerprint density at radius 2 is 1.75 bits per heavy atom. The molecule has 2 nitrogen and oxygen atoms in total. The maximum Gasteiger partial charge on any atom is 0.140 e. The molecule has 12 heavy (non-hydrogen) atoms. The number of hydrogen-bond acceptors (Lipinski definition) is 2. The molecule has 0 saturated heterocycles. The topological polar surface area (TPSA) is 34.1 Å². The van der Waals surface area contributed by atoms with Crippen LogP contribution in [-0.4, -0.2) is 11.6 Å². The van der Waals surface area contributed by atoms with E-state index in [-0.39, 0.29) is 17.5 Å². The molecule has 2 heteroatoms. The Labute approximate surface area is 73.3 Å². The molecule has 1 fully saturated rings. The van der Waals surface area contributed by atoms with Gasteiger partial charge >= 0.3 is 0 Å². The fraction of sp³-hybridized carbons (Fsp3) is 0.800. The number of ketones is 2. The number of carbonyl (C=O) groups is 2. The first kappa shape index (κ1) is 9.43. The lowest BCUT2D eigenvalue weighted by Crippen LogP contribution is -2.25. The first-order chi connectivity index (χ1) is 5.61. The highest BCUT2D eigenvalue weighted by molar-refractivity contribution is 6.00. The van der Waals surface area contributed by atoms with Crippen molar-refractivity contribution in [3.05, 3.63) is 0 Å². The minimum absolute atomic E-state index is 0.0365. The van der Waals surface area contributed by atoms with Gasteiger partial charge in [-0.25, -0.2) is 0 Å². The Kier molecular flexibility index (Phi) is 3.01. The van der Waals surface area contributed by atoms with E-state index >= 15 is 0 Å². The predicted octanol–water partition coefficient (Wildman–Crippen LogP) is 1.97. The second-order valence-corrected chi connectivity index (χ2v) is 3.81. The molecule has 1 aliphatic rings. The molecule has 1 saturated carbocycles. The molecule has 0 atom stereocenters. The van der Waals surface area contributed by atoms with E-state index in [9.17, 15) is 9.59 Å². The molecule has 0 bridgehead atoms. The third-order valence-corrected chi connectivity index (χ3v) is 2.78. The van der Waals surface area contributed by atoms with Crippen LogP contribution in [0.15, 0.2) is 0 Å². The maximum absolute atomic E-state index is 11.0. The molecule has 0 radical (unpaired) electrons. The van der Waals surface area contributed by atoms with Crippen LogP contribution in [0.1, 0.15) is 39.5 Å². The molecule has 1 aliphatic carbocycles. The molecule has 0 aromatic carbocycles. The highest BCUT2D eigenvalue weighted by Crippen LogP contribution is 2.32. The number of carbonyl (C=O) groups excluding carboxylic acids is 2. The van der Waals surface area contributed by atoms with Crippen molar-refractivity contribution < 1.29 is 9.59 Å². The monoisotopic (exact) mass is 168 g/mol. The van der Waals surface area contributed by atoms with Crippen molar-refractivity contribution in [3.8, 4) is 0 Å². The highest BCUT2D eigenvalue weighted by Gasteiger charge is 2.27. The van der Waals surface area contributed by atoms with Gasteiger partial charge in [0.25, 0.3) is 0 Å². The van der Waals surface area contributed by atoms with Gasteiger partial charge in [-0.15, -0.1) is 0 Å². The van der Waals surface area contributed by atoms with Gasteiger partial charge in [0.05, 0.1) is 5.92 Å². The van der Waals surface area contributed by atoms with Gasteiger partial charge in [-0.2, -0.15) is 0 Å². The van der Waals surface area contributed by atoms with Crippen molar-refractivity contribution >= 4 is 11.6 Å². The van der Waals surface area contributed by atoms with Crippen molar-refractivity contribution in [1.29, 1.82) is 0 Å². The largest absolute Gasteiger partial charge is 0.299 e. The lowest BCUT2D eigenvalue weighted by Gasteiger charge is -2.27. The summed E-state index contributed by atoms with van der Waals surface area (Å²) in [5.74, 6) is 0.405.